The smallest absolute Gasteiger partial charge is 0.248 e. The van der Waals surface area contributed by atoms with E-state index in [2.05, 4.69) is 16.9 Å². The van der Waals surface area contributed by atoms with Crippen molar-refractivity contribution in [2.24, 2.45) is 5.92 Å². The Morgan fingerprint density at radius 1 is 1.42 bits per heavy atom. The first-order valence-electron chi connectivity index (χ1n) is 8.76. The number of halogens is 2. The van der Waals surface area contributed by atoms with Crippen molar-refractivity contribution in [3.63, 3.8) is 0 Å². The number of pyridine rings is 1. The maximum Gasteiger partial charge on any atom is 0.248 e. The second kappa shape index (κ2) is 7.81. The highest BCUT2D eigenvalue weighted by molar-refractivity contribution is 5.89. The molecule has 1 aromatic heterocycles. The van der Waals surface area contributed by atoms with Gasteiger partial charge in [-0.1, -0.05) is 18.7 Å². The Bertz CT molecular complexity index is 807. The SMILES string of the molecule is C=CC(=O)NCc1ccc(OCC2CCCC(F)(F)C2)c2ncccc12. The fourth-order valence-electron chi connectivity index (χ4n) is 3.36. The number of ether oxygens (including phenoxy) is 1. The summed E-state index contributed by atoms with van der Waals surface area (Å²) in [6.45, 7) is 4.04. The Labute approximate surface area is 151 Å². The molecule has 1 heterocycles. The molecule has 3 rings (SSSR count). The van der Waals surface area contributed by atoms with Crippen molar-refractivity contribution in [3.05, 3.63) is 48.7 Å². The average Bonchev–Trinajstić information content (AvgIpc) is 2.64. The highest BCUT2D eigenvalue weighted by Crippen LogP contribution is 2.37. The minimum Gasteiger partial charge on any atom is -0.491 e. The molecule has 1 atom stereocenters. The van der Waals surface area contributed by atoms with E-state index in [0.29, 0.717) is 24.2 Å². The molecular weight excluding hydrogens is 338 g/mol. The molecule has 2 aromatic rings. The Morgan fingerprint density at radius 2 is 2.27 bits per heavy atom. The van der Waals surface area contributed by atoms with Crippen LogP contribution in [0.25, 0.3) is 10.9 Å². The zero-order chi connectivity index (χ0) is 18.6. The third kappa shape index (κ3) is 4.36. The molecule has 1 saturated carbocycles. The molecule has 0 saturated heterocycles. The molecule has 0 aliphatic heterocycles. The number of rotatable bonds is 6. The Kier molecular flexibility index (Phi) is 5.49. The van der Waals surface area contributed by atoms with Gasteiger partial charge in [-0.15, -0.1) is 0 Å². The molecule has 1 N–H and O–H groups in total. The van der Waals surface area contributed by atoms with Crippen LogP contribution in [0.2, 0.25) is 0 Å². The van der Waals surface area contributed by atoms with E-state index >= 15 is 0 Å². The topological polar surface area (TPSA) is 51.2 Å². The van der Waals surface area contributed by atoms with Crippen LogP contribution in [0, 0.1) is 5.92 Å². The number of hydrogen-bond acceptors (Lipinski definition) is 3. The van der Waals surface area contributed by atoms with Crippen molar-refractivity contribution >= 4 is 16.8 Å². The molecule has 0 bridgehead atoms. The Hall–Kier alpha value is -2.50. The lowest BCUT2D eigenvalue weighted by Crippen LogP contribution is -2.29. The van der Waals surface area contributed by atoms with E-state index < -0.39 is 5.92 Å². The van der Waals surface area contributed by atoms with Crippen molar-refractivity contribution in [2.75, 3.05) is 6.61 Å². The molecule has 1 fully saturated rings. The molecular formula is C20H22F2N2O2. The van der Waals surface area contributed by atoms with Gasteiger partial charge in [-0.3, -0.25) is 9.78 Å². The number of alkyl halides is 2. The van der Waals surface area contributed by atoms with Gasteiger partial charge in [0.25, 0.3) is 0 Å². The van der Waals surface area contributed by atoms with Crippen molar-refractivity contribution in [2.45, 2.75) is 38.2 Å². The summed E-state index contributed by atoms with van der Waals surface area (Å²) in [5.41, 5.74) is 1.57. The van der Waals surface area contributed by atoms with Crippen LogP contribution in [-0.2, 0) is 11.3 Å². The van der Waals surface area contributed by atoms with Gasteiger partial charge in [0.15, 0.2) is 0 Å². The molecule has 1 aliphatic rings. The molecule has 1 aliphatic carbocycles. The zero-order valence-corrected chi connectivity index (χ0v) is 14.5. The highest BCUT2D eigenvalue weighted by atomic mass is 19.3. The van der Waals surface area contributed by atoms with Gasteiger partial charge < -0.3 is 10.1 Å². The van der Waals surface area contributed by atoms with Gasteiger partial charge in [-0.2, -0.15) is 0 Å². The predicted molar refractivity (Wildman–Crippen MR) is 96.2 cm³/mol. The number of benzene rings is 1. The number of aromatic nitrogens is 1. The number of amides is 1. The van der Waals surface area contributed by atoms with E-state index in [1.165, 1.54) is 6.08 Å². The molecule has 6 heteroatoms. The molecule has 138 valence electrons. The monoisotopic (exact) mass is 360 g/mol. The third-order valence-electron chi connectivity index (χ3n) is 4.68. The van der Waals surface area contributed by atoms with Gasteiger partial charge in [0.2, 0.25) is 11.8 Å². The van der Waals surface area contributed by atoms with Crippen LogP contribution in [-0.4, -0.2) is 23.4 Å². The number of carbonyl (C=O) groups excluding carboxylic acids is 1. The van der Waals surface area contributed by atoms with E-state index in [0.717, 1.165) is 17.4 Å². The Morgan fingerprint density at radius 3 is 3.04 bits per heavy atom. The van der Waals surface area contributed by atoms with Crippen LogP contribution >= 0.6 is 0 Å². The first-order chi connectivity index (χ1) is 12.5. The minimum atomic E-state index is -2.58. The minimum absolute atomic E-state index is 0.0287. The summed E-state index contributed by atoms with van der Waals surface area (Å²) in [5, 5.41) is 3.61. The maximum absolute atomic E-state index is 13.6. The van der Waals surface area contributed by atoms with E-state index in [4.69, 9.17) is 4.74 Å². The van der Waals surface area contributed by atoms with E-state index in [1.807, 2.05) is 18.2 Å². The molecule has 1 unspecified atom stereocenters. The van der Waals surface area contributed by atoms with E-state index in [-0.39, 0.29) is 31.3 Å². The van der Waals surface area contributed by atoms with Gasteiger partial charge in [-0.05, 0) is 42.5 Å². The van der Waals surface area contributed by atoms with E-state index in [1.54, 1.807) is 12.3 Å². The summed E-state index contributed by atoms with van der Waals surface area (Å²) in [6, 6.07) is 7.36. The number of nitrogens with zero attached hydrogens (tertiary/aromatic N) is 1. The zero-order valence-electron chi connectivity index (χ0n) is 14.5. The van der Waals surface area contributed by atoms with Crippen molar-refractivity contribution in [1.82, 2.24) is 10.3 Å². The van der Waals surface area contributed by atoms with Gasteiger partial charge >= 0.3 is 0 Å². The van der Waals surface area contributed by atoms with Crippen LogP contribution in [0.3, 0.4) is 0 Å². The molecule has 1 aromatic carbocycles. The standard InChI is InChI=1S/C20H22F2N2O2/c1-2-18(25)24-12-15-7-8-17(19-16(15)6-4-10-23-19)26-13-14-5-3-9-20(21,22)11-14/h2,4,6-8,10,14H,1,3,5,9,11-13H2,(H,24,25). The van der Waals surface area contributed by atoms with Crippen LogP contribution < -0.4 is 10.1 Å². The summed E-state index contributed by atoms with van der Waals surface area (Å²) in [6.07, 6.45) is 4.02. The van der Waals surface area contributed by atoms with Crippen LogP contribution in [0.4, 0.5) is 8.78 Å². The Balaban J connectivity index is 1.75. The maximum atomic E-state index is 13.6. The first kappa shape index (κ1) is 18.3. The normalized spacial score (nSPS) is 19.1. The summed E-state index contributed by atoms with van der Waals surface area (Å²) < 4.78 is 33.0. The summed E-state index contributed by atoms with van der Waals surface area (Å²) in [4.78, 5) is 15.8. The molecule has 4 nitrogen and oxygen atoms in total. The molecule has 0 radical (unpaired) electrons. The lowest BCUT2D eigenvalue weighted by molar-refractivity contribution is -0.116. The van der Waals surface area contributed by atoms with Crippen molar-refractivity contribution in [3.8, 4) is 5.75 Å². The van der Waals surface area contributed by atoms with E-state index in [9.17, 15) is 13.6 Å². The summed E-state index contributed by atoms with van der Waals surface area (Å²) >= 11 is 0. The molecule has 0 spiro atoms. The van der Waals surface area contributed by atoms with Crippen LogP contribution in [0.1, 0.15) is 31.2 Å². The molecule has 1 amide bonds. The lowest BCUT2D eigenvalue weighted by Gasteiger charge is -2.28. The second-order valence-corrected chi connectivity index (χ2v) is 6.67. The number of hydrogen-bond donors (Lipinski definition) is 1. The quantitative estimate of drug-likeness (QED) is 0.784. The van der Waals surface area contributed by atoms with Gasteiger partial charge in [0, 0.05) is 31.0 Å². The molecule has 26 heavy (non-hydrogen) atoms. The van der Waals surface area contributed by atoms with Crippen LogP contribution in [0.15, 0.2) is 43.1 Å². The fraction of sp³-hybridized carbons (Fsp3) is 0.400. The summed E-state index contributed by atoms with van der Waals surface area (Å²) in [7, 11) is 0. The number of fused-ring (bicyclic) bond motifs is 1. The second-order valence-electron chi connectivity index (χ2n) is 6.67. The van der Waals surface area contributed by atoms with Crippen molar-refractivity contribution in [1.29, 1.82) is 0 Å². The van der Waals surface area contributed by atoms with Gasteiger partial charge in [0.05, 0.1) is 6.61 Å². The van der Waals surface area contributed by atoms with Crippen molar-refractivity contribution < 1.29 is 18.3 Å². The number of nitrogens with one attached hydrogen (secondary N) is 1. The van der Waals surface area contributed by atoms with Gasteiger partial charge in [0.1, 0.15) is 11.3 Å². The highest BCUT2D eigenvalue weighted by Gasteiger charge is 2.36. The first-order valence-corrected chi connectivity index (χ1v) is 8.76. The van der Waals surface area contributed by atoms with Gasteiger partial charge in [-0.25, -0.2) is 8.78 Å². The summed E-state index contributed by atoms with van der Waals surface area (Å²) in [5.74, 6) is -2.40. The fourth-order valence-corrected chi connectivity index (χ4v) is 3.36. The predicted octanol–water partition coefficient (Wildman–Crippen LogP) is 4.24. The number of carbonyl (C=O) groups is 1. The largest absolute Gasteiger partial charge is 0.491 e. The third-order valence-corrected chi connectivity index (χ3v) is 4.68. The lowest BCUT2D eigenvalue weighted by atomic mass is 9.87. The average molecular weight is 360 g/mol. The van der Waals surface area contributed by atoms with Crippen LogP contribution in [0.5, 0.6) is 5.75 Å².